The number of hydrogen-bond acceptors (Lipinski definition) is 3. The van der Waals surface area contributed by atoms with E-state index in [1.54, 1.807) is 0 Å². The molecule has 0 aliphatic carbocycles. The Morgan fingerprint density at radius 1 is 1.38 bits per heavy atom. The first-order chi connectivity index (χ1) is 7.38. The second kappa shape index (κ2) is 7.63. The van der Waals surface area contributed by atoms with E-state index in [0.717, 1.165) is 13.0 Å². The van der Waals surface area contributed by atoms with Crippen molar-refractivity contribution in [2.24, 2.45) is 5.92 Å². The summed E-state index contributed by atoms with van der Waals surface area (Å²) in [4.78, 5) is 13.1. The van der Waals surface area contributed by atoms with Gasteiger partial charge in [0.2, 0.25) is 0 Å². The Morgan fingerprint density at radius 3 is 2.25 bits per heavy atom. The largest absolute Gasteiger partial charge is 0.480 e. The molecule has 96 valence electrons. The van der Waals surface area contributed by atoms with Crippen LogP contribution in [-0.2, 0) is 4.79 Å². The zero-order valence-corrected chi connectivity index (χ0v) is 11.2. The Hall–Kier alpha value is -0.610. The summed E-state index contributed by atoms with van der Waals surface area (Å²) in [5.74, 6) is -0.313. The van der Waals surface area contributed by atoms with Crippen molar-refractivity contribution in [1.29, 1.82) is 0 Å². The molecule has 4 nitrogen and oxygen atoms in total. The van der Waals surface area contributed by atoms with Gasteiger partial charge in [0.1, 0.15) is 6.04 Å². The molecule has 0 bridgehead atoms. The fourth-order valence-corrected chi connectivity index (χ4v) is 1.67. The van der Waals surface area contributed by atoms with Crippen molar-refractivity contribution < 1.29 is 9.90 Å². The molecule has 0 aromatic heterocycles. The number of carboxylic acid groups (broad SMARTS) is 1. The molecule has 0 fully saturated rings. The molecule has 0 spiro atoms. The fourth-order valence-electron chi connectivity index (χ4n) is 1.67. The molecule has 0 aliphatic rings. The maximum atomic E-state index is 11.1. The van der Waals surface area contributed by atoms with Crippen LogP contribution in [0.2, 0.25) is 0 Å². The molecule has 0 radical (unpaired) electrons. The lowest BCUT2D eigenvalue weighted by atomic mass is 10.0. The molecule has 0 heterocycles. The highest BCUT2D eigenvalue weighted by Crippen LogP contribution is 2.07. The lowest BCUT2D eigenvalue weighted by Crippen LogP contribution is -2.49. The van der Waals surface area contributed by atoms with E-state index in [2.05, 4.69) is 24.1 Å². The van der Waals surface area contributed by atoms with Gasteiger partial charge in [0, 0.05) is 12.6 Å². The molecule has 0 aromatic carbocycles. The molecule has 0 amide bonds. The van der Waals surface area contributed by atoms with Crippen LogP contribution in [0.5, 0.6) is 0 Å². The van der Waals surface area contributed by atoms with Crippen LogP contribution in [0.15, 0.2) is 0 Å². The third kappa shape index (κ3) is 6.08. The van der Waals surface area contributed by atoms with E-state index < -0.39 is 12.0 Å². The molecule has 2 unspecified atom stereocenters. The Morgan fingerprint density at radius 2 is 1.94 bits per heavy atom. The van der Waals surface area contributed by atoms with Crippen LogP contribution in [0.1, 0.15) is 33.6 Å². The molecule has 2 atom stereocenters. The number of nitrogens with one attached hydrogen (secondary N) is 1. The van der Waals surface area contributed by atoms with E-state index in [4.69, 9.17) is 5.11 Å². The lowest BCUT2D eigenvalue weighted by Gasteiger charge is -2.28. The van der Waals surface area contributed by atoms with Gasteiger partial charge in [-0.25, -0.2) is 0 Å². The summed E-state index contributed by atoms with van der Waals surface area (Å²) in [6.45, 7) is 7.11. The third-order valence-corrected chi connectivity index (χ3v) is 2.66. The maximum Gasteiger partial charge on any atom is 0.320 e. The predicted octanol–water partition coefficient (Wildman–Crippen LogP) is 1.42. The summed E-state index contributed by atoms with van der Waals surface area (Å²) in [5, 5.41) is 12.3. The van der Waals surface area contributed by atoms with Gasteiger partial charge in [-0.1, -0.05) is 27.2 Å². The number of nitrogens with zero attached hydrogens (tertiary/aromatic N) is 1. The summed E-state index contributed by atoms with van der Waals surface area (Å²) >= 11 is 0. The molecule has 0 saturated heterocycles. The average Bonchev–Trinajstić information content (AvgIpc) is 2.14. The third-order valence-electron chi connectivity index (χ3n) is 2.66. The zero-order chi connectivity index (χ0) is 12.7. The molecule has 0 aliphatic heterocycles. The Bertz CT molecular complexity index is 205. The number of likely N-dealkylation sites (N-methyl/N-ethyl adjacent to an activating group) is 1. The van der Waals surface area contributed by atoms with Crippen molar-refractivity contribution in [3.63, 3.8) is 0 Å². The quantitative estimate of drug-likeness (QED) is 0.662. The van der Waals surface area contributed by atoms with E-state index in [-0.39, 0.29) is 6.04 Å². The predicted molar refractivity (Wildman–Crippen MR) is 66.6 cm³/mol. The van der Waals surface area contributed by atoms with E-state index in [9.17, 15) is 4.79 Å². The van der Waals surface area contributed by atoms with Crippen molar-refractivity contribution in [2.45, 2.75) is 45.7 Å². The number of rotatable bonds is 8. The minimum Gasteiger partial charge on any atom is -0.480 e. The standard InChI is InChI=1S/C12H26N2O2/c1-6-7-10(12(15)16)13-11(9(2)3)8-14(4)5/h9-11,13H,6-8H2,1-5H3,(H,15,16). The van der Waals surface area contributed by atoms with Gasteiger partial charge in [0.15, 0.2) is 0 Å². The lowest BCUT2D eigenvalue weighted by molar-refractivity contribution is -0.140. The minimum atomic E-state index is -0.744. The first kappa shape index (κ1) is 15.4. The van der Waals surface area contributed by atoms with Gasteiger partial charge < -0.3 is 15.3 Å². The Kier molecular flexibility index (Phi) is 7.34. The monoisotopic (exact) mass is 230 g/mol. The summed E-state index contributed by atoms with van der Waals surface area (Å²) in [6.07, 6.45) is 1.57. The summed E-state index contributed by atoms with van der Waals surface area (Å²) in [7, 11) is 4.01. The van der Waals surface area contributed by atoms with Crippen LogP contribution < -0.4 is 5.32 Å². The minimum absolute atomic E-state index is 0.225. The van der Waals surface area contributed by atoms with Crippen LogP contribution in [-0.4, -0.2) is 48.7 Å². The van der Waals surface area contributed by atoms with Crippen LogP contribution in [0, 0.1) is 5.92 Å². The fraction of sp³-hybridized carbons (Fsp3) is 0.917. The van der Waals surface area contributed by atoms with E-state index in [0.29, 0.717) is 12.3 Å². The molecule has 16 heavy (non-hydrogen) atoms. The first-order valence-electron chi connectivity index (χ1n) is 6.02. The number of carboxylic acids is 1. The van der Waals surface area contributed by atoms with Gasteiger partial charge in [-0.2, -0.15) is 0 Å². The molecular weight excluding hydrogens is 204 g/mol. The average molecular weight is 230 g/mol. The Balaban J connectivity index is 4.38. The normalized spacial score (nSPS) is 15.4. The van der Waals surface area contributed by atoms with E-state index >= 15 is 0 Å². The maximum absolute atomic E-state index is 11.1. The topological polar surface area (TPSA) is 52.6 Å². The van der Waals surface area contributed by atoms with Crippen LogP contribution in [0.25, 0.3) is 0 Å². The zero-order valence-electron chi connectivity index (χ0n) is 11.2. The van der Waals surface area contributed by atoms with Gasteiger partial charge in [-0.05, 0) is 26.4 Å². The smallest absolute Gasteiger partial charge is 0.320 e. The van der Waals surface area contributed by atoms with Gasteiger partial charge in [0.05, 0.1) is 0 Å². The number of hydrogen-bond donors (Lipinski definition) is 2. The van der Waals surface area contributed by atoms with Gasteiger partial charge in [-0.3, -0.25) is 4.79 Å². The van der Waals surface area contributed by atoms with Crippen LogP contribution in [0.3, 0.4) is 0 Å². The molecule has 0 saturated carbocycles. The van der Waals surface area contributed by atoms with Crippen LogP contribution >= 0.6 is 0 Å². The van der Waals surface area contributed by atoms with Crippen molar-refractivity contribution in [3.05, 3.63) is 0 Å². The molecule has 4 heteroatoms. The SMILES string of the molecule is CCCC(NC(CN(C)C)C(C)C)C(=O)O. The van der Waals surface area contributed by atoms with Gasteiger partial charge in [0.25, 0.3) is 0 Å². The highest BCUT2D eigenvalue weighted by atomic mass is 16.4. The molecule has 0 rings (SSSR count). The molecule has 2 N–H and O–H groups in total. The molecular formula is C12H26N2O2. The summed E-state index contributed by atoms with van der Waals surface area (Å²) in [5.41, 5.74) is 0. The first-order valence-corrected chi connectivity index (χ1v) is 6.02. The second-order valence-electron chi connectivity index (χ2n) is 4.96. The van der Waals surface area contributed by atoms with Crippen molar-refractivity contribution in [1.82, 2.24) is 10.2 Å². The second-order valence-corrected chi connectivity index (χ2v) is 4.96. The highest BCUT2D eigenvalue weighted by Gasteiger charge is 2.22. The van der Waals surface area contributed by atoms with Gasteiger partial charge >= 0.3 is 5.97 Å². The molecule has 0 aromatic rings. The van der Waals surface area contributed by atoms with E-state index in [1.165, 1.54) is 0 Å². The number of carbonyl (C=O) groups is 1. The Labute approximate surface area is 99.0 Å². The summed E-state index contributed by atoms with van der Waals surface area (Å²) in [6, 6.07) is -0.194. The van der Waals surface area contributed by atoms with Gasteiger partial charge in [-0.15, -0.1) is 0 Å². The van der Waals surface area contributed by atoms with Crippen molar-refractivity contribution >= 4 is 5.97 Å². The highest BCUT2D eigenvalue weighted by molar-refractivity contribution is 5.73. The van der Waals surface area contributed by atoms with Crippen molar-refractivity contribution in [2.75, 3.05) is 20.6 Å². The van der Waals surface area contributed by atoms with E-state index in [1.807, 2.05) is 21.0 Å². The summed E-state index contributed by atoms with van der Waals surface area (Å²) < 4.78 is 0. The van der Waals surface area contributed by atoms with Crippen LogP contribution in [0.4, 0.5) is 0 Å². The van der Waals surface area contributed by atoms with Crippen molar-refractivity contribution in [3.8, 4) is 0 Å². The number of aliphatic carboxylic acids is 1.